The minimum atomic E-state index is -4.97. The fourth-order valence-electron chi connectivity index (χ4n) is 5.09. The first-order valence-electron chi connectivity index (χ1n) is 13.1. The number of alkyl halides is 3. The molecule has 0 aromatic heterocycles. The Morgan fingerprint density at radius 1 is 0.463 bits per heavy atom. The summed E-state index contributed by atoms with van der Waals surface area (Å²) in [6.45, 7) is 0. The van der Waals surface area contributed by atoms with E-state index in [0.29, 0.717) is 16.2 Å². The van der Waals surface area contributed by atoms with Gasteiger partial charge in [-0.05, 0) is 5.56 Å². The molecule has 5 aromatic rings. The summed E-state index contributed by atoms with van der Waals surface area (Å²) in [7, 11) is -8.30. The van der Waals surface area contributed by atoms with Crippen LogP contribution in [0, 0.1) is 0 Å². The van der Waals surface area contributed by atoms with Crippen LogP contribution in [-0.4, -0.2) is 12.0 Å². The van der Waals surface area contributed by atoms with E-state index >= 15 is 22.3 Å². The van der Waals surface area contributed by atoms with Gasteiger partial charge in [0.1, 0.15) is 0 Å². The lowest BCUT2D eigenvalue weighted by atomic mass is 10.2. The molecule has 41 heavy (non-hydrogen) atoms. The zero-order chi connectivity index (χ0) is 28.9. The van der Waals surface area contributed by atoms with Crippen molar-refractivity contribution in [2.75, 3.05) is 0 Å². The maximum atomic E-state index is 15.5. The molecule has 0 heterocycles. The normalized spacial score (nSPS) is 13.8. The Bertz CT molecular complexity index is 1560. The molecule has 0 aliphatic heterocycles. The lowest BCUT2D eigenvalue weighted by Crippen LogP contribution is -2.49. The van der Waals surface area contributed by atoms with Crippen molar-refractivity contribution in [1.29, 1.82) is 0 Å². The van der Waals surface area contributed by atoms with E-state index in [-0.39, 0.29) is 10.6 Å². The Labute approximate surface area is 237 Å². The van der Waals surface area contributed by atoms with E-state index in [1.807, 2.05) is 0 Å². The first-order chi connectivity index (χ1) is 19.8. The summed E-state index contributed by atoms with van der Waals surface area (Å²) in [6, 6.07) is 41.0. The van der Waals surface area contributed by atoms with Crippen LogP contribution in [0.3, 0.4) is 0 Å². The van der Waals surface area contributed by atoms with E-state index < -0.39 is 32.0 Å². The van der Waals surface area contributed by atoms with Crippen LogP contribution < -0.4 is 26.5 Å². The number of hydrogen-bond donors (Lipinski definition) is 1. The van der Waals surface area contributed by atoms with Crippen molar-refractivity contribution in [3.63, 3.8) is 0 Å². The molecule has 0 aliphatic carbocycles. The van der Waals surface area contributed by atoms with Crippen LogP contribution in [0.4, 0.5) is 13.2 Å². The van der Waals surface area contributed by atoms with Gasteiger partial charge in [-0.3, -0.25) is 5.32 Å². The van der Waals surface area contributed by atoms with Gasteiger partial charge in [-0.1, -0.05) is 152 Å². The maximum Gasteiger partial charge on any atom is 0.411 e. The number of benzene rings is 5. The molecule has 208 valence electrons. The topological polar surface area (TPSA) is 46.2 Å². The molecule has 0 bridgehead atoms. The molecule has 0 unspecified atom stereocenters. The highest BCUT2D eigenvalue weighted by molar-refractivity contribution is 7.80. The van der Waals surface area contributed by atoms with Crippen LogP contribution >= 0.6 is 14.3 Å². The van der Waals surface area contributed by atoms with Crippen molar-refractivity contribution in [3.05, 3.63) is 157 Å². The van der Waals surface area contributed by atoms with Crippen molar-refractivity contribution in [2.45, 2.75) is 17.7 Å². The third-order valence-corrected chi connectivity index (χ3v) is 13.6. The molecule has 0 saturated heterocycles. The van der Waals surface area contributed by atoms with E-state index in [0.717, 1.165) is 0 Å². The van der Waals surface area contributed by atoms with Gasteiger partial charge in [0.05, 0.1) is 5.78 Å². The summed E-state index contributed by atoms with van der Waals surface area (Å²) in [5.41, 5.74) is 0.394. The Balaban J connectivity index is 1.79. The molecule has 0 amide bonds. The number of nitrogens with one attached hydrogen (secondary N) is 1. The smallest absolute Gasteiger partial charge is 0.312 e. The summed E-state index contributed by atoms with van der Waals surface area (Å²) >= 11 is 0. The molecule has 0 spiro atoms. The third-order valence-electron chi connectivity index (χ3n) is 7.03. The van der Waals surface area contributed by atoms with E-state index in [2.05, 4.69) is 5.32 Å². The zero-order valence-electron chi connectivity index (χ0n) is 21.9. The van der Waals surface area contributed by atoms with Crippen molar-refractivity contribution < 1.29 is 22.3 Å². The highest BCUT2D eigenvalue weighted by Crippen LogP contribution is 2.60. The number of halogens is 3. The van der Waals surface area contributed by atoms with Gasteiger partial charge in [-0.15, -0.1) is 0 Å². The lowest BCUT2D eigenvalue weighted by molar-refractivity contribution is -0.136. The van der Waals surface area contributed by atoms with Gasteiger partial charge in [0.15, 0.2) is 20.1 Å². The summed E-state index contributed by atoms with van der Waals surface area (Å²) in [4.78, 5) is 0. The summed E-state index contributed by atoms with van der Waals surface area (Å²) in [6.07, 6.45) is -4.97. The first kappa shape index (κ1) is 28.8. The van der Waals surface area contributed by atoms with Crippen LogP contribution in [0.1, 0.15) is 11.3 Å². The van der Waals surface area contributed by atoms with E-state index in [1.54, 1.807) is 127 Å². The molecule has 0 saturated carbocycles. The summed E-state index contributed by atoms with van der Waals surface area (Å²) in [5.74, 6) is -3.88. The molecule has 8 heteroatoms. The fraction of sp³-hybridized carbons (Fsp3) is 0.0909. The molecule has 0 radical (unpaired) electrons. The predicted molar refractivity (Wildman–Crippen MR) is 162 cm³/mol. The van der Waals surface area contributed by atoms with Crippen molar-refractivity contribution in [2.24, 2.45) is 0 Å². The lowest BCUT2D eigenvalue weighted by Gasteiger charge is -2.37. The van der Waals surface area contributed by atoms with Crippen molar-refractivity contribution in [3.8, 4) is 0 Å². The molecule has 3 nitrogen and oxygen atoms in total. The van der Waals surface area contributed by atoms with Crippen LogP contribution in [0.5, 0.6) is 0 Å². The molecule has 0 fully saturated rings. The minimum Gasteiger partial charge on any atom is -0.312 e. The summed E-state index contributed by atoms with van der Waals surface area (Å²) in [5, 5.41) is 3.63. The summed E-state index contributed by atoms with van der Waals surface area (Å²) < 4.78 is 76.5. The SMILES string of the molecule is O=P(c1ccccc1)(c1ccccc1)[C@@H](N[C@@H](C(F)(F)F)P(=O)(c1ccccc1)c1ccccc1)c1ccccc1. The van der Waals surface area contributed by atoms with Crippen molar-refractivity contribution in [1.82, 2.24) is 5.32 Å². The highest BCUT2D eigenvalue weighted by atomic mass is 31.2. The van der Waals surface area contributed by atoms with Crippen LogP contribution in [0.15, 0.2) is 152 Å². The second-order valence-corrected chi connectivity index (χ2v) is 15.3. The Morgan fingerprint density at radius 2 is 0.756 bits per heavy atom. The monoisotopic (exact) mass is 589 g/mol. The molecule has 0 aliphatic rings. The van der Waals surface area contributed by atoms with Gasteiger partial charge in [-0.25, -0.2) is 0 Å². The molecule has 5 aromatic carbocycles. The molecular weight excluding hydrogens is 561 g/mol. The standard InChI is InChI=1S/C33H28F3NO2P2/c34-33(35,36)32(41(39,29-22-12-4-13-23-29)30-24-14-5-15-25-30)37-31(26-16-6-1-7-17-26)40(38,27-18-8-2-9-19-27)28-20-10-3-11-21-28/h1-25,31-32,37H/t31-,32-/m1/s1. The molecule has 1 N–H and O–H groups in total. The van der Waals surface area contributed by atoms with E-state index in [9.17, 15) is 0 Å². The van der Waals surface area contributed by atoms with Crippen LogP contribution in [0.2, 0.25) is 0 Å². The number of hydrogen-bond acceptors (Lipinski definition) is 3. The van der Waals surface area contributed by atoms with E-state index in [4.69, 9.17) is 0 Å². The maximum absolute atomic E-state index is 15.5. The average Bonchev–Trinajstić information content (AvgIpc) is 3.02. The van der Waals surface area contributed by atoms with Crippen LogP contribution in [-0.2, 0) is 9.13 Å². The Morgan fingerprint density at radius 3 is 1.07 bits per heavy atom. The van der Waals surface area contributed by atoms with E-state index in [1.165, 1.54) is 24.3 Å². The van der Waals surface area contributed by atoms with Gasteiger partial charge in [0, 0.05) is 21.2 Å². The highest BCUT2D eigenvalue weighted by Gasteiger charge is 2.55. The molecule has 2 atom stereocenters. The third kappa shape index (κ3) is 5.74. The predicted octanol–water partition coefficient (Wildman–Crippen LogP) is 7.19. The van der Waals surface area contributed by atoms with Gasteiger partial charge in [0.2, 0.25) is 0 Å². The quantitative estimate of drug-likeness (QED) is 0.185. The van der Waals surface area contributed by atoms with Crippen LogP contribution in [0.25, 0.3) is 0 Å². The van der Waals surface area contributed by atoms with Gasteiger partial charge in [0.25, 0.3) is 0 Å². The van der Waals surface area contributed by atoms with Gasteiger partial charge >= 0.3 is 6.18 Å². The first-order valence-corrected chi connectivity index (χ1v) is 16.6. The Kier molecular flexibility index (Phi) is 8.47. The molecular formula is C33H28F3NO2P2. The molecule has 5 rings (SSSR count). The number of rotatable bonds is 9. The fourth-order valence-corrected chi connectivity index (χ4v) is 11.2. The van der Waals surface area contributed by atoms with Crippen molar-refractivity contribution >= 4 is 35.5 Å². The minimum absolute atomic E-state index is 0.0575. The second kappa shape index (κ2) is 12.0. The zero-order valence-corrected chi connectivity index (χ0v) is 23.7. The average molecular weight is 590 g/mol. The Hall–Kier alpha value is -3.69. The largest absolute Gasteiger partial charge is 0.411 e. The van der Waals surface area contributed by atoms with Gasteiger partial charge < -0.3 is 9.13 Å². The van der Waals surface area contributed by atoms with Gasteiger partial charge in [-0.2, -0.15) is 13.2 Å². The second-order valence-electron chi connectivity index (χ2n) is 9.58.